The molecule has 19 heavy (non-hydrogen) atoms. The number of sulfone groups is 1. The van der Waals surface area contributed by atoms with Crippen LogP contribution < -0.4 is 10.1 Å². The normalized spacial score (nSPS) is 22.3. The second kappa shape index (κ2) is 5.04. The summed E-state index contributed by atoms with van der Waals surface area (Å²) < 4.78 is 28.9. The van der Waals surface area contributed by atoms with Crippen molar-refractivity contribution in [3.05, 3.63) is 23.8 Å². The molecule has 1 N–H and O–H groups in total. The number of rotatable bonds is 2. The fourth-order valence-corrected chi connectivity index (χ4v) is 4.20. The smallest absolute Gasteiger partial charge is 0.150 e. The molecule has 0 aliphatic carbocycles. The summed E-state index contributed by atoms with van der Waals surface area (Å²) in [5.74, 6) is 1.43. The first-order valence-electron chi connectivity index (χ1n) is 6.87. The zero-order chi connectivity index (χ0) is 13.3. The number of anilines is 1. The van der Waals surface area contributed by atoms with Crippen LogP contribution in [0.25, 0.3) is 0 Å². The summed E-state index contributed by atoms with van der Waals surface area (Å²) >= 11 is 0. The van der Waals surface area contributed by atoms with Crippen LogP contribution in [0.3, 0.4) is 0 Å². The summed E-state index contributed by atoms with van der Waals surface area (Å²) in [6.45, 7) is 1.01. The highest BCUT2D eigenvalue weighted by Gasteiger charge is 2.26. The summed E-state index contributed by atoms with van der Waals surface area (Å²) in [7, 11) is -2.82. The van der Waals surface area contributed by atoms with Crippen LogP contribution in [0.2, 0.25) is 0 Å². The number of hydrogen-bond acceptors (Lipinski definition) is 4. The Balaban J connectivity index is 1.74. The van der Waals surface area contributed by atoms with E-state index in [1.54, 1.807) is 0 Å². The zero-order valence-corrected chi connectivity index (χ0v) is 11.7. The van der Waals surface area contributed by atoms with Gasteiger partial charge in [-0.1, -0.05) is 6.07 Å². The van der Waals surface area contributed by atoms with Crippen molar-refractivity contribution in [1.82, 2.24) is 0 Å². The molecule has 1 aromatic rings. The van der Waals surface area contributed by atoms with E-state index < -0.39 is 9.84 Å². The van der Waals surface area contributed by atoms with Crippen LogP contribution in [0.1, 0.15) is 24.8 Å². The molecule has 0 aromatic heterocycles. The van der Waals surface area contributed by atoms with E-state index in [0.717, 1.165) is 30.8 Å². The summed E-state index contributed by atoms with van der Waals surface area (Å²) in [6.07, 6.45) is 3.41. The Morgan fingerprint density at radius 1 is 1.21 bits per heavy atom. The fraction of sp³-hybridized carbons (Fsp3) is 0.571. The summed E-state index contributed by atoms with van der Waals surface area (Å²) in [4.78, 5) is 0. The van der Waals surface area contributed by atoms with Gasteiger partial charge >= 0.3 is 0 Å². The van der Waals surface area contributed by atoms with Crippen molar-refractivity contribution in [2.75, 3.05) is 23.4 Å². The van der Waals surface area contributed by atoms with Gasteiger partial charge in [0.15, 0.2) is 9.84 Å². The average molecular weight is 281 g/mol. The lowest BCUT2D eigenvalue weighted by molar-refractivity contribution is 0.188. The van der Waals surface area contributed by atoms with E-state index in [9.17, 15) is 8.42 Å². The number of nitrogens with one attached hydrogen (secondary N) is 1. The van der Waals surface area contributed by atoms with Gasteiger partial charge in [-0.25, -0.2) is 8.42 Å². The Bertz CT molecular complexity index is 554. The lowest BCUT2D eigenvalue weighted by atomic mass is 10.0. The third-order valence-corrected chi connectivity index (χ3v) is 5.56. The molecule has 2 aliphatic heterocycles. The Labute approximate surface area is 114 Å². The molecule has 3 rings (SSSR count). The van der Waals surface area contributed by atoms with E-state index in [1.807, 2.05) is 12.1 Å². The maximum absolute atomic E-state index is 11.4. The highest BCUT2D eigenvalue weighted by atomic mass is 32.2. The molecular formula is C14H19NO3S. The second-order valence-corrected chi connectivity index (χ2v) is 7.59. The standard InChI is InChI=1S/C14H19NO3S/c16-19(17)9-6-11(7-10-19)18-14-5-1-4-13-12(14)3-2-8-15-13/h1,4-5,11,15H,2-3,6-10H2. The lowest BCUT2D eigenvalue weighted by Gasteiger charge is -2.26. The number of hydrogen-bond donors (Lipinski definition) is 1. The Morgan fingerprint density at radius 2 is 2.00 bits per heavy atom. The van der Waals surface area contributed by atoms with Crippen LogP contribution in [0.5, 0.6) is 5.75 Å². The SMILES string of the molecule is O=S1(=O)CCC(Oc2cccc3c2CCCN3)CC1. The molecule has 5 heteroatoms. The first-order valence-corrected chi connectivity index (χ1v) is 8.69. The summed E-state index contributed by atoms with van der Waals surface area (Å²) in [6, 6.07) is 6.06. The van der Waals surface area contributed by atoms with Crippen molar-refractivity contribution in [2.45, 2.75) is 31.8 Å². The zero-order valence-electron chi connectivity index (χ0n) is 10.9. The van der Waals surface area contributed by atoms with Gasteiger partial charge in [0.2, 0.25) is 0 Å². The van der Waals surface area contributed by atoms with Gasteiger partial charge in [0.1, 0.15) is 11.9 Å². The number of fused-ring (bicyclic) bond motifs is 1. The van der Waals surface area contributed by atoms with Crippen LogP contribution in [0.15, 0.2) is 18.2 Å². The Kier molecular flexibility index (Phi) is 3.39. The molecule has 0 spiro atoms. The molecule has 0 atom stereocenters. The van der Waals surface area contributed by atoms with Gasteiger partial charge in [-0.3, -0.25) is 0 Å². The molecule has 0 unspecified atom stereocenters. The molecule has 2 aliphatic rings. The predicted octanol–water partition coefficient (Wildman–Crippen LogP) is 2.00. The van der Waals surface area contributed by atoms with E-state index >= 15 is 0 Å². The third-order valence-electron chi connectivity index (χ3n) is 3.85. The van der Waals surface area contributed by atoms with Crippen molar-refractivity contribution >= 4 is 15.5 Å². The quantitative estimate of drug-likeness (QED) is 0.901. The minimum Gasteiger partial charge on any atom is -0.490 e. The van der Waals surface area contributed by atoms with Gasteiger partial charge in [-0.15, -0.1) is 0 Å². The van der Waals surface area contributed by atoms with Crippen LogP contribution in [0.4, 0.5) is 5.69 Å². The Hall–Kier alpha value is -1.23. The van der Waals surface area contributed by atoms with E-state index in [4.69, 9.17) is 4.74 Å². The minimum absolute atomic E-state index is 0.0388. The van der Waals surface area contributed by atoms with Crippen LogP contribution in [0, 0.1) is 0 Å². The Morgan fingerprint density at radius 3 is 2.79 bits per heavy atom. The first-order chi connectivity index (χ1) is 9.14. The molecule has 1 saturated heterocycles. The number of ether oxygens (including phenoxy) is 1. The molecule has 104 valence electrons. The van der Waals surface area contributed by atoms with Crippen molar-refractivity contribution < 1.29 is 13.2 Å². The van der Waals surface area contributed by atoms with E-state index in [-0.39, 0.29) is 17.6 Å². The molecule has 2 heterocycles. The van der Waals surface area contributed by atoms with E-state index in [1.165, 1.54) is 5.56 Å². The van der Waals surface area contributed by atoms with Gasteiger partial charge in [0.25, 0.3) is 0 Å². The van der Waals surface area contributed by atoms with E-state index in [2.05, 4.69) is 11.4 Å². The molecule has 1 fully saturated rings. The van der Waals surface area contributed by atoms with Crippen molar-refractivity contribution in [2.24, 2.45) is 0 Å². The average Bonchev–Trinajstić information content (AvgIpc) is 2.42. The van der Waals surface area contributed by atoms with Gasteiger partial charge in [0, 0.05) is 17.8 Å². The molecule has 1 aromatic carbocycles. The third kappa shape index (κ3) is 2.86. The molecule has 0 radical (unpaired) electrons. The first kappa shape index (κ1) is 12.8. The van der Waals surface area contributed by atoms with Gasteiger partial charge in [-0.05, 0) is 37.8 Å². The largest absolute Gasteiger partial charge is 0.490 e. The fourth-order valence-electron chi connectivity index (χ4n) is 2.75. The highest BCUT2D eigenvalue weighted by molar-refractivity contribution is 7.91. The number of benzene rings is 1. The molecule has 0 amide bonds. The van der Waals surface area contributed by atoms with Crippen LogP contribution in [-0.4, -0.2) is 32.6 Å². The van der Waals surface area contributed by atoms with E-state index in [0.29, 0.717) is 12.8 Å². The highest BCUT2D eigenvalue weighted by Crippen LogP contribution is 2.32. The van der Waals surface area contributed by atoms with Crippen molar-refractivity contribution in [1.29, 1.82) is 0 Å². The molecular weight excluding hydrogens is 262 g/mol. The molecule has 4 nitrogen and oxygen atoms in total. The second-order valence-electron chi connectivity index (χ2n) is 5.28. The van der Waals surface area contributed by atoms with Gasteiger partial charge in [0.05, 0.1) is 11.5 Å². The van der Waals surface area contributed by atoms with Crippen molar-refractivity contribution in [3.8, 4) is 5.75 Å². The molecule has 0 bridgehead atoms. The van der Waals surface area contributed by atoms with Gasteiger partial charge < -0.3 is 10.1 Å². The van der Waals surface area contributed by atoms with Crippen molar-refractivity contribution in [3.63, 3.8) is 0 Å². The summed E-state index contributed by atoms with van der Waals surface area (Å²) in [5, 5.41) is 3.38. The molecule has 0 saturated carbocycles. The maximum atomic E-state index is 11.4. The monoisotopic (exact) mass is 281 g/mol. The minimum atomic E-state index is -2.82. The summed E-state index contributed by atoms with van der Waals surface area (Å²) in [5.41, 5.74) is 2.40. The van der Waals surface area contributed by atoms with Crippen LogP contribution >= 0.6 is 0 Å². The predicted molar refractivity (Wildman–Crippen MR) is 75.6 cm³/mol. The van der Waals surface area contributed by atoms with Crippen LogP contribution in [-0.2, 0) is 16.3 Å². The maximum Gasteiger partial charge on any atom is 0.150 e. The lowest BCUT2D eigenvalue weighted by Crippen LogP contribution is -2.31. The van der Waals surface area contributed by atoms with Gasteiger partial charge in [-0.2, -0.15) is 0 Å². The topological polar surface area (TPSA) is 55.4 Å².